The van der Waals surface area contributed by atoms with Gasteiger partial charge in [-0.3, -0.25) is 9.69 Å². The van der Waals surface area contributed by atoms with Crippen LogP contribution in [0.15, 0.2) is 4.99 Å². The van der Waals surface area contributed by atoms with Crippen LogP contribution in [0.5, 0.6) is 0 Å². The second-order valence-electron chi connectivity index (χ2n) is 3.95. The van der Waals surface area contributed by atoms with Crippen LogP contribution >= 0.6 is 0 Å². The van der Waals surface area contributed by atoms with Crippen molar-refractivity contribution in [2.75, 3.05) is 14.1 Å². The Morgan fingerprint density at radius 1 is 1.33 bits per heavy atom. The predicted molar refractivity (Wildman–Crippen MR) is 63.9 cm³/mol. The Bertz CT molecular complexity index is 224. The molecular formula is C11H23N3O. The molecule has 0 aliphatic carbocycles. The quantitative estimate of drug-likeness (QED) is 0.536. The van der Waals surface area contributed by atoms with Crippen LogP contribution in [-0.2, 0) is 4.79 Å². The third kappa shape index (κ3) is 5.52. The normalized spacial score (nSPS) is 14.3. The molecule has 1 unspecified atom stereocenters. The van der Waals surface area contributed by atoms with Crippen molar-refractivity contribution in [3.63, 3.8) is 0 Å². The molecule has 0 fully saturated rings. The molecule has 0 aromatic rings. The summed E-state index contributed by atoms with van der Waals surface area (Å²) in [5.41, 5.74) is 5.82. The molecule has 0 bridgehead atoms. The maximum Gasteiger partial charge on any atom is 0.247 e. The fourth-order valence-corrected chi connectivity index (χ4v) is 1.43. The molecule has 15 heavy (non-hydrogen) atoms. The highest BCUT2D eigenvalue weighted by Crippen LogP contribution is 2.04. The van der Waals surface area contributed by atoms with Crippen LogP contribution in [-0.4, -0.2) is 36.8 Å². The van der Waals surface area contributed by atoms with Crippen LogP contribution < -0.4 is 5.73 Å². The van der Waals surface area contributed by atoms with Gasteiger partial charge in [-0.05, 0) is 26.9 Å². The average Bonchev–Trinajstić information content (AvgIpc) is 2.13. The van der Waals surface area contributed by atoms with Gasteiger partial charge < -0.3 is 5.73 Å². The number of hydrogen-bond donors (Lipinski definition) is 1. The van der Waals surface area contributed by atoms with Gasteiger partial charge in [0.25, 0.3) is 0 Å². The number of amidine groups is 1. The Morgan fingerprint density at radius 3 is 2.33 bits per heavy atom. The lowest BCUT2D eigenvalue weighted by molar-refractivity contribution is -0.117. The average molecular weight is 213 g/mol. The molecule has 0 radical (unpaired) electrons. The lowest BCUT2D eigenvalue weighted by Gasteiger charge is -2.22. The maximum atomic E-state index is 11.3. The second kappa shape index (κ2) is 7.40. The number of aliphatic imine (C=N–C) groups is 1. The zero-order chi connectivity index (χ0) is 11.8. The molecule has 1 amide bonds. The van der Waals surface area contributed by atoms with Crippen LogP contribution in [0.3, 0.4) is 0 Å². The van der Waals surface area contributed by atoms with Gasteiger partial charge in [0.15, 0.2) is 0 Å². The van der Waals surface area contributed by atoms with Crippen molar-refractivity contribution in [1.82, 2.24) is 4.90 Å². The Balaban J connectivity index is 4.47. The van der Waals surface area contributed by atoms with Crippen LogP contribution in [0.2, 0.25) is 0 Å². The molecule has 0 aromatic heterocycles. The molecule has 4 nitrogen and oxygen atoms in total. The smallest absolute Gasteiger partial charge is 0.247 e. The molecule has 4 heteroatoms. The van der Waals surface area contributed by atoms with Crippen molar-refractivity contribution in [3.05, 3.63) is 0 Å². The Hall–Kier alpha value is -0.900. The van der Waals surface area contributed by atoms with Gasteiger partial charge in [-0.1, -0.05) is 20.3 Å². The van der Waals surface area contributed by atoms with E-state index in [-0.39, 0.29) is 11.9 Å². The highest BCUT2D eigenvalue weighted by atomic mass is 16.1. The number of rotatable bonds is 6. The Kier molecular flexibility index (Phi) is 6.96. The van der Waals surface area contributed by atoms with E-state index in [1.807, 2.05) is 25.9 Å². The van der Waals surface area contributed by atoms with Gasteiger partial charge in [-0.15, -0.1) is 0 Å². The third-order valence-electron chi connectivity index (χ3n) is 2.24. The molecule has 2 N–H and O–H groups in total. The van der Waals surface area contributed by atoms with Crippen LogP contribution in [0.25, 0.3) is 0 Å². The van der Waals surface area contributed by atoms with Crippen LogP contribution in [0, 0.1) is 0 Å². The fourth-order valence-electron chi connectivity index (χ4n) is 1.43. The lowest BCUT2D eigenvalue weighted by Crippen LogP contribution is -2.41. The summed E-state index contributed by atoms with van der Waals surface area (Å²) in [6.07, 6.45) is 3.26. The molecule has 0 aliphatic rings. The first-order valence-corrected chi connectivity index (χ1v) is 5.56. The summed E-state index contributed by atoms with van der Waals surface area (Å²) in [5, 5.41) is 0. The SMILES string of the molecule is CCCC(=O)N=C(N)C(CCC)N(C)C. The molecule has 0 aliphatic heterocycles. The van der Waals surface area contributed by atoms with E-state index in [0.29, 0.717) is 12.3 Å². The standard InChI is InChI=1S/C11H23N3O/c1-5-7-9(14(3)4)11(12)13-10(15)8-6-2/h9H,5-8H2,1-4H3,(H2,12,13,15). The zero-order valence-corrected chi connectivity index (χ0v) is 10.3. The van der Waals surface area contributed by atoms with Gasteiger partial charge in [0.05, 0.1) is 6.04 Å². The summed E-state index contributed by atoms with van der Waals surface area (Å²) >= 11 is 0. The van der Waals surface area contributed by atoms with Gasteiger partial charge >= 0.3 is 0 Å². The van der Waals surface area contributed by atoms with Crippen molar-refractivity contribution < 1.29 is 4.79 Å². The van der Waals surface area contributed by atoms with Crippen LogP contribution in [0.4, 0.5) is 0 Å². The zero-order valence-electron chi connectivity index (χ0n) is 10.3. The minimum absolute atomic E-state index is 0.0795. The summed E-state index contributed by atoms with van der Waals surface area (Å²) < 4.78 is 0. The lowest BCUT2D eigenvalue weighted by atomic mass is 10.1. The number of nitrogens with two attached hydrogens (primary N) is 1. The minimum Gasteiger partial charge on any atom is -0.386 e. The van der Waals surface area contributed by atoms with Gasteiger partial charge in [-0.25, -0.2) is 0 Å². The van der Waals surface area contributed by atoms with E-state index in [9.17, 15) is 4.79 Å². The number of amides is 1. The van der Waals surface area contributed by atoms with Crippen molar-refractivity contribution in [1.29, 1.82) is 0 Å². The largest absolute Gasteiger partial charge is 0.386 e. The maximum absolute atomic E-state index is 11.3. The first-order valence-electron chi connectivity index (χ1n) is 5.56. The van der Waals surface area contributed by atoms with Gasteiger partial charge in [0.2, 0.25) is 5.91 Å². The molecule has 0 heterocycles. The van der Waals surface area contributed by atoms with Gasteiger partial charge in [0.1, 0.15) is 5.84 Å². The first-order chi connectivity index (χ1) is 7.02. The summed E-state index contributed by atoms with van der Waals surface area (Å²) in [6, 6.07) is 0.0795. The highest BCUT2D eigenvalue weighted by molar-refractivity contribution is 5.96. The molecule has 0 rings (SSSR count). The molecule has 88 valence electrons. The summed E-state index contributed by atoms with van der Waals surface area (Å²) in [4.78, 5) is 17.2. The van der Waals surface area contributed by atoms with E-state index in [1.54, 1.807) is 0 Å². The van der Waals surface area contributed by atoms with E-state index in [0.717, 1.165) is 19.3 Å². The minimum atomic E-state index is -0.113. The van der Waals surface area contributed by atoms with Gasteiger partial charge in [-0.2, -0.15) is 4.99 Å². The Morgan fingerprint density at radius 2 is 1.93 bits per heavy atom. The monoisotopic (exact) mass is 213 g/mol. The van der Waals surface area contributed by atoms with E-state index in [1.165, 1.54) is 0 Å². The third-order valence-corrected chi connectivity index (χ3v) is 2.24. The number of carbonyl (C=O) groups is 1. The first kappa shape index (κ1) is 14.1. The highest BCUT2D eigenvalue weighted by Gasteiger charge is 2.15. The van der Waals surface area contributed by atoms with Crippen molar-refractivity contribution in [2.45, 2.75) is 45.6 Å². The number of hydrogen-bond acceptors (Lipinski definition) is 2. The van der Waals surface area contributed by atoms with Crippen LogP contribution in [0.1, 0.15) is 39.5 Å². The second-order valence-corrected chi connectivity index (χ2v) is 3.95. The van der Waals surface area contributed by atoms with Crippen molar-refractivity contribution in [3.8, 4) is 0 Å². The molecule has 0 aromatic carbocycles. The van der Waals surface area contributed by atoms with E-state index >= 15 is 0 Å². The molecular weight excluding hydrogens is 190 g/mol. The van der Waals surface area contributed by atoms with Crippen molar-refractivity contribution >= 4 is 11.7 Å². The fraction of sp³-hybridized carbons (Fsp3) is 0.818. The van der Waals surface area contributed by atoms with E-state index in [2.05, 4.69) is 11.9 Å². The summed E-state index contributed by atoms with van der Waals surface area (Å²) in [5.74, 6) is 0.332. The van der Waals surface area contributed by atoms with E-state index in [4.69, 9.17) is 5.73 Å². The Labute approximate surface area is 92.5 Å². The van der Waals surface area contributed by atoms with Crippen molar-refractivity contribution in [2.24, 2.45) is 10.7 Å². The molecule has 1 atom stereocenters. The summed E-state index contributed by atoms with van der Waals surface area (Å²) in [7, 11) is 3.90. The number of nitrogens with zero attached hydrogens (tertiary/aromatic N) is 2. The topological polar surface area (TPSA) is 58.7 Å². The predicted octanol–water partition coefficient (Wildman–Crippen LogP) is 1.40. The van der Waals surface area contributed by atoms with Gasteiger partial charge in [0, 0.05) is 6.42 Å². The number of likely N-dealkylation sites (N-methyl/N-ethyl adjacent to an activating group) is 1. The summed E-state index contributed by atoms with van der Waals surface area (Å²) in [6.45, 7) is 4.05. The molecule has 0 saturated carbocycles. The molecule has 0 spiro atoms. The number of carbonyl (C=O) groups excluding carboxylic acids is 1. The molecule has 0 saturated heterocycles. The van der Waals surface area contributed by atoms with E-state index < -0.39 is 0 Å².